The molecule has 0 saturated carbocycles. The first-order valence-corrected chi connectivity index (χ1v) is 14.9. The van der Waals surface area contributed by atoms with Crippen LogP contribution in [0, 0.1) is 6.92 Å². The highest BCUT2D eigenvalue weighted by atomic mass is 35.5. The number of nitrogens with zero attached hydrogens (tertiary/aromatic N) is 2. The molecule has 0 saturated heterocycles. The summed E-state index contributed by atoms with van der Waals surface area (Å²) in [5.41, 5.74) is 1.90. The number of rotatable bonds is 12. The van der Waals surface area contributed by atoms with Crippen molar-refractivity contribution in [3.05, 3.63) is 88.9 Å². The first-order valence-electron chi connectivity index (χ1n) is 13.0. The number of sulfonamides is 1. The van der Waals surface area contributed by atoms with Crippen molar-refractivity contribution in [3.8, 4) is 5.75 Å². The number of anilines is 1. The number of aryl methyl sites for hydroxylation is 1. The Morgan fingerprint density at radius 2 is 1.65 bits per heavy atom. The summed E-state index contributed by atoms with van der Waals surface area (Å²) in [7, 11) is -2.82. The highest BCUT2D eigenvalue weighted by Crippen LogP contribution is 2.35. The quantitative estimate of drug-likeness (QED) is 0.316. The molecule has 0 aliphatic rings. The van der Waals surface area contributed by atoms with Crippen LogP contribution in [0.1, 0.15) is 38.3 Å². The molecular formula is C30H36ClN3O5S. The number of amides is 2. The zero-order chi connectivity index (χ0) is 29.4. The van der Waals surface area contributed by atoms with Gasteiger partial charge in [-0.05, 0) is 68.7 Å². The Hall–Kier alpha value is -3.56. The number of methoxy groups -OCH3 is 1. The Kier molecular flexibility index (Phi) is 10.6. The lowest BCUT2D eigenvalue weighted by Crippen LogP contribution is -2.52. The molecule has 0 bridgehead atoms. The third-order valence-corrected chi connectivity index (χ3v) is 8.80. The Bertz CT molecular complexity index is 1430. The maximum absolute atomic E-state index is 14.1. The minimum Gasteiger partial charge on any atom is -0.495 e. The van der Waals surface area contributed by atoms with Gasteiger partial charge >= 0.3 is 0 Å². The van der Waals surface area contributed by atoms with Gasteiger partial charge in [-0.2, -0.15) is 0 Å². The summed E-state index contributed by atoms with van der Waals surface area (Å²) >= 11 is 6.27. The fourth-order valence-corrected chi connectivity index (χ4v) is 5.71. The number of halogens is 1. The fraction of sp³-hybridized carbons (Fsp3) is 0.333. The molecule has 3 rings (SSSR count). The van der Waals surface area contributed by atoms with Gasteiger partial charge in [-0.3, -0.25) is 13.9 Å². The molecule has 0 aliphatic carbocycles. The van der Waals surface area contributed by atoms with Crippen LogP contribution in [0.25, 0.3) is 0 Å². The molecular weight excluding hydrogens is 550 g/mol. The minimum absolute atomic E-state index is 0.00200. The second-order valence-electron chi connectivity index (χ2n) is 9.58. The van der Waals surface area contributed by atoms with E-state index in [4.69, 9.17) is 16.3 Å². The summed E-state index contributed by atoms with van der Waals surface area (Å²) in [4.78, 5) is 28.7. The lowest BCUT2D eigenvalue weighted by molar-refractivity contribution is -0.139. The van der Waals surface area contributed by atoms with E-state index in [2.05, 4.69) is 5.32 Å². The molecule has 0 aliphatic heterocycles. The van der Waals surface area contributed by atoms with E-state index < -0.39 is 28.5 Å². The van der Waals surface area contributed by atoms with Crippen molar-refractivity contribution >= 4 is 39.1 Å². The highest BCUT2D eigenvalue weighted by molar-refractivity contribution is 7.92. The van der Waals surface area contributed by atoms with Gasteiger partial charge in [0.25, 0.3) is 10.0 Å². The van der Waals surface area contributed by atoms with Crippen LogP contribution in [0.2, 0.25) is 5.02 Å². The third kappa shape index (κ3) is 7.34. The van der Waals surface area contributed by atoms with Crippen LogP contribution in [-0.2, 0) is 26.2 Å². The second kappa shape index (κ2) is 13.7. The Balaban J connectivity index is 2.09. The van der Waals surface area contributed by atoms with E-state index in [1.165, 1.54) is 30.2 Å². The van der Waals surface area contributed by atoms with Crippen molar-refractivity contribution in [1.29, 1.82) is 0 Å². The summed E-state index contributed by atoms with van der Waals surface area (Å²) < 4.78 is 34.3. The van der Waals surface area contributed by atoms with Crippen LogP contribution in [0.5, 0.6) is 5.75 Å². The largest absolute Gasteiger partial charge is 0.495 e. The van der Waals surface area contributed by atoms with E-state index in [1.807, 2.05) is 45.0 Å². The maximum atomic E-state index is 14.1. The predicted octanol–water partition coefficient (Wildman–Crippen LogP) is 5.18. The molecule has 3 aromatic carbocycles. The molecule has 0 heterocycles. The van der Waals surface area contributed by atoms with Crippen LogP contribution >= 0.6 is 11.6 Å². The van der Waals surface area contributed by atoms with Crippen molar-refractivity contribution < 1.29 is 22.7 Å². The van der Waals surface area contributed by atoms with Crippen LogP contribution < -0.4 is 14.4 Å². The second-order valence-corrected chi connectivity index (χ2v) is 11.9. The molecule has 0 fully saturated rings. The number of carbonyl (C=O) groups excluding carboxylic acids is 2. The Labute approximate surface area is 241 Å². The molecule has 8 nitrogen and oxygen atoms in total. The minimum atomic E-state index is -4.24. The highest BCUT2D eigenvalue weighted by Gasteiger charge is 2.34. The van der Waals surface area contributed by atoms with Gasteiger partial charge in [-0.15, -0.1) is 0 Å². The molecule has 3 aromatic rings. The zero-order valence-electron chi connectivity index (χ0n) is 23.4. The van der Waals surface area contributed by atoms with Crippen LogP contribution in [0.15, 0.2) is 77.7 Å². The van der Waals surface area contributed by atoms with Gasteiger partial charge in [0.2, 0.25) is 11.8 Å². The normalized spacial score (nSPS) is 12.8. The lowest BCUT2D eigenvalue weighted by atomic mass is 10.1. The number of nitrogens with one attached hydrogen (secondary N) is 1. The number of carbonyl (C=O) groups is 2. The van der Waals surface area contributed by atoms with E-state index in [0.717, 1.165) is 21.9 Å². The fourth-order valence-electron chi connectivity index (χ4n) is 4.11. The average molecular weight is 586 g/mol. The van der Waals surface area contributed by atoms with E-state index in [0.29, 0.717) is 0 Å². The first kappa shape index (κ1) is 31.0. The van der Waals surface area contributed by atoms with Crippen LogP contribution in [0.3, 0.4) is 0 Å². The molecule has 0 radical (unpaired) electrons. The van der Waals surface area contributed by atoms with Crippen molar-refractivity contribution in [2.75, 3.05) is 18.0 Å². The summed E-state index contributed by atoms with van der Waals surface area (Å²) in [5.74, 6) is -0.657. The molecule has 40 heavy (non-hydrogen) atoms. The van der Waals surface area contributed by atoms with Gasteiger partial charge in [0, 0.05) is 17.6 Å². The molecule has 10 heteroatoms. The standard InChI is InChI=1S/C30H36ClN3O5S/c1-6-22(3)32-30(36)23(4)33(19-24-13-11-10-12-21(24)2)29(35)20-34(27-18-25(31)16-17-28(27)39-5)40(37,38)26-14-8-7-9-15-26/h7-18,22-23H,6,19-20H2,1-5H3,(H,32,36)/t22-,23-/m1/s1. The molecule has 214 valence electrons. The number of ether oxygens (including phenoxy) is 1. The predicted molar refractivity (Wildman–Crippen MR) is 158 cm³/mol. The van der Waals surface area contributed by atoms with Crippen molar-refractivity contribution in [2.24, 2.45) is 0 Å². The molecule has 2 amide bonds. The monoisotopic (exact) mass is 585 g/mol. The summed E-state index contributed by atoms with van der Waals surface area (Å²) in [6.07, 6.45) is 0.724. The van der Waals surface area contributed by atoms with Crippen LogP contribution in [-0.4, -0.2) is 50.9 Å². The number of hydrogen-bond acceptors (Lipinski definition) is 5. The molecule has 0 spiro atoms. The van der Waals surface area contributed by atoms with Gasteiger partial charge in [0.15, 0.2) is 0 Å². The van der Waals surface area contributed by atoms with E-state index in [9.17, 15) is 18.0 Å². The average Bonchev–Trinajstić information content (AvgIpc) is 2.95. The number of hydrogen-bond donors (Lipinski definition) is 1. The Morgan fingerprint density at radius 1 is 1.00 bits per heavy atom. The third-order valence-electron chi connectivity index (χ3n) is 6.79. The van der Waals surface area contributed by atoms with Crippen molar-refractivity contribution in [2.45, 2.75) is 57.6 Å². The summed E-state index contributed by atoms with van der Waals surface area (Å²) in [6.45, 7) is 6.94. The SMILES string of the molecule is CC[C@@H](C)NC(=O)[C@@H](C)N(Cc1ccccc1C)C(=O)CN(c1cc(Cl)ccc1OC)S(=O)(=O)c1ccccc1. The van der Waals surface area contributed by atoms with Crippen LogP contribution in [0.4, 0.5) is 5.69 Å². The smallest absolute Gasteiger partial charge is 0.264 e. The van der Waals surface area contributed by atoms with Crippen molar-refractivity contribution in [3.63, 3.8) is 0 Å². The number of benzene rings is 3. The molecule has 2 atom stereocenters. The molecule has 0 unspecified atom stereocenters. The zero-order valence-corrected chi connectivity index (χ0v) is 25.0. The molecule has 1 N–H and O–H groups in total. The summed E-state index contributed by atoms with van der Waals surface area (Å²) in [6, 6.07) is 19.0. The van der Waals surface area contributed by atoms with Gasteiger partial charge in [0.1, 0.15) is 18.3 Å². The van der Waals surface area contributed by atoms with Crippen molar-refractivity contribution in [1.82, 2.24) is 10.2 Å². The van der Waals surface area contributed by atoms with E-state index >= 15 is 0 Å². The van der Waals surface area contributed by atoms with Gasteiger partial charge < -0.3 is 15.0 Å². The molecule has 0 aromatic heterocycles. The van der Waals surface area contributed by atoms with E-state index in [1.54, 1.807) is 37.3 Å². The summed E-state index contributed by atoms with van der Waals surface area (Å²) in [5, 5.41) is 3.20. The lowest BCUT2D eigenvalue weighted by Gasteiger charge is -2.33. The van der Waals surface area contributed by atoms with Gasteiger partial charge in [-0.25, -0.2) is 8.42 Å². The first-order chi connectivity index (χ1) is 19.0. The van der Waals surface area contributed by atoms with Gasteiger partial charge in [0.05, 0.1) is 17.7 Å². The maximum Gasteiger partial charge on any atom is 0.264 e. The van der Waals surface area contributed by atoms with E-state index in [-0.39, 0.29) is 39.8 Å². The topological polar surface area (TPSA) is 96.0 Å². The van der Waals surface area contributed by atoms with Gasteiger partial charge in [-0.1, -0.05) is 61.0 Å². The Morgan fingerprint density at radius 3 is 2.27 bits per heavy atom.